The Morgan fingerprint density at radius 1 is 0.867 bits per heavy atom. The summed E-state index contributed by atoms with van der Waals surface area (Å²) in [5.41, 5.74) is -3.06. The Morgan fingerprint density at radius 3 is 1.80 bits per heavy atom. The van der Waals surface area contributed by atoms with Crippen LogP contribution in [0.3, 0.4) is 0 Å². The number of alkyl halides is 1. The van der Waals surface area contributed by atoms with Gasteiger partial charge in [0.25, 0.3) is 0 Å². The molecule has 0 aliphatic carbocycles. The minimum Gasteiger partial charge on any atom is -0.451 e. The quantitative estimate of drug-likeness (QED) is 0.255. The Kier molecular flexibility index (Phi) is 7.28. The molecule has 0 bridgehead atoms. The summed E-state index contributed by atoms with van der Waals surface area (Å²) in [5, 5.41) is 0. The lowest BCUT2D eigenvalue weighted by Crippen LogP contribution is -2.09. The van der Waals surface area contributed by atoms with Crippen molar-refractivity contribution in [2.75, 3.05) is 6.67 Å². The zero-order chi connectivity index (χ0) is 22.7. The number of hydrogen-bond acceptors (Lipinski definition) is 1. The Balaban J connectivity index is 2.75. The van der Waals surface area contributed by atoms with Crippen molar-refractivity contribution in [2.24, 2.45) is 5.92 Å². The Bertz CT molecular complexity index is 978. The molecule has 0 spiro atoms. The van der Waals surface area contributed by atoms with E-state index >= 15 is 0 Å². The minimum absolute atomic E-state index is 0.187. The van der Waals surface area contributed by atoms with Crippen LogP contribution in [0.1, 0.15) is 25.0 Å². The molecule has 0 N–H and O–H groups in total. The summed E-state index contributed by atoms with van der Waals surface area (Å²) in [4.78, 5) is 0. The lowest BCUT2D eigenvalue weighted by Gasteiger charge is -2.16. The molecule has 30 heavy (non-hydrogen) atoms. The van der Waals surface area contributed by atoms with Crippen molar-refractivity contribution in [1.29, 1.82) is 0 Å². The van der Waals surface area contributed by atoms with E-state index in [-0.39, 0.29) is 5.75 Å². The second-order valence-electron chi connectivity index (χ2n) is 6.61. The summed E-state index contributed by atoms with van der Waals surface area (Å²) in [5.74, 6) is -17.8. The molecule has 0 aliphatic heterocycles. The van der Waals surface area contributed by atoms with E-state index in [2.05, 4.69) is 0 Å². The highest BCUT2D eigenvalue weighted by Gasteiger charge is 2.33. The van der Waals surface area contributed by atoms with Gasteiger partial charge < -0.3 is 4.74 Å². The van der Waals surface area contributed by atoms with Gasteiger partial charge in [0, 0.05) is 5.92 Å². The third kappa shape index (κ3) is 4.49. The van der Waals surface area contributed by atoms with Crippen LogP contribution in [0.25, 0.3) is 5.57 Å². The first-order chi connectivity index (χ1) is 14.0. The highest BCUT2D eigenvalue weighted by Crippen LogP contribution is 2.41. The third-order valence-electron chi connectivity index (χ3n) is 4.04. The molecule has 0 amide bonds. The maximum Gasteiger partial charge on any atom is 0.205 e. The van der Waals surface area contributed by atoms with Crippen LogP contribution < -0.4 is 4.74 Å². The normalized spacial score (nSPS) is 13.3. The summed E-state index contributed by atoms with van der Waals surface area (Å²) in [7, 11) is 0. The number of halogens is 8. The first-order valence-corrected chi connectivity index (χ1v) is 8.62. The van der Waals surface area contributed by atoms with Crippen LogP contribution in [0.4, 0.5) is 35.1 Å². The Labute approximate surface area is 167 Å². The summed E-state index contributed by atoms with van der Waals surface area (Å²) in [6.07, 6.45) is 0. The predicted molar refractivity (Wildman–Crippen MR) is 95.6 cm³/mol. The van der Waals surface area contributed by atoms with Crippen LogP contribution >= 0.6 is 0 Å². The van der Waals surface area contributed by atoms with Gasteiger partial charge in [-0.1, -0.05) is 31.5 Å². The van der Waals surface area contributed by atoms with E-state index in [1.54, 1.807) is 6.92 Å². The SMILES string of the molecule is Cc1ccc(Oc2c(F)c(F)c(C(/C(F)=C(/F)C(C)C)=C(\F)CF)c(F)c2F)cc1. The van der Waals surface area contributed by atoms with Crippen molar-refractivity contribution in [3.63, 3.8) is 0 Å². The smallest absolute Gasteiger partial charge is 0.205 e. The molecule has 0 heterocycles. The molecule has 0 unspecified atom stereocenters. The number of rotatable bonds is 6. The summed E-state index contributed by atoms with van der Waals surface area (Å²) in [6.45, 7) is 1.83. The van der Waals surface area contributed by atoms with Gasteiger partial charge in [-0.2, -0.15) is 8.78 Å². The maximum atomic E-state index is 14.5. The van der Waals surface area contributed by atoms with Crippen molar-refractivity contribution in [1.82, 2.24) is 0 Å². The molecule has 2 aromatic carbocycles. The van der Waals surface area contributed by atoms with Crippen LogP contribution in [-0.2, 0) is 0 Å². The average molecular weight is 436 g/mol. The van der Waals surface area contributed by atoms with E-state index in [1.165, 1.54) is 24.3 Å². The monoisotopic (exact) mass is 436 g/mol. The molecule has 0 saturated heterocycles. The zero-order valence-electron chi connectivity index (χ0n) is 16.0. The van der Waals surface area contributed by atoms with Gasteiger partial charge in [0.2, 0.25) is 17.4 Å². The Morgan fingerprint density at radius 2 is 1.37 bits per heavy atom. The van der Waals surface area contributed by atoms with Crippen molar-refractivity contribution in [3.05, 3.63) is 76.1 Å². The van der Waals surface area contributed by atoms with Gasteiger partial charge in [0.1, 0.15) is 24.1 Å². The van der Waals surface area contributed by atoms with Crippen LogP contribution in [0.5, 0.6) is 11.5 Å². The van der Waals surface area contributed by atoms with Gasteiger partial charge in [0.15, 0.2) is 17.5 Å². The number of aryl methyl sites for hydroxylation is 1. The molecular weight excluding hydrogens is 420 g/mol. The topological polar surface area (TPSA) is 9.23 Å². The van der Waals surface area contributed by atoms with Crippen molar-refractivity contribution < 1.29 is 39.9 Å². The number of hydrogen-bond donors (Lipinski definition) is 0. The van der Waals surface area contributed by atoms with Crippen molar-refractivity contribution in [3.8, 4) is 11.5 Å². The molecule has 162 valence electrons. The number of benzene rings is 2. The molecule has 9 heteroatoms. The molecule has 2 rings (SSSR count). The number of allylic oxidation sites excluding steroid dienone is 4. The highest BCUT2D eigenvalue weighted by molar-refractivity contribution is 5.80. The molecule has 1 nitrogen and oxygen atoms in total. The van der Waals surface area contributed by atoms with E-state index < -0.39 is 70.2 Å². The molecule has 0 aliphatic rings. The first-order valence-electron chi connectivity index (χ1n) is 8.62. The second kappa shape index (κ2) is 9.32. The van der Waals surface area contributed by atoms with E-state index in [4.69, 9.17) is 4.74 Å². The number of ether oxygens (including phenoxy) is 1. The standard InChI is InChI=1S/C21H16F8O/c1-9(2)15(24)16(25)13(12(23)8-22)14-17(26)19(28)21(20(29)18(14)27)30-11-6-4-10(3)5-7-11/h4-7,9H,8H2,1-3H3/b13-12+,16-15-. The lowest BCUT2D eigenvalue weighted by molar-refractivity contribution is 0.363. The summed E-state index contributed by atoms with van der Waals surface area (Å²) in [6, 6.07) is 5.48. The van der Waals surface area contributed by atoms with Gasteiger partial charge in [0.05, 0.1) is 11.1 Å². The molecular formula is C21H16F8O. The molecule has 0 saturated carbocycles. The largest absolute Gasteiger partial charge is 0.451 e. The van der Waals surface area contributed by atoms with Gasteiger partial charge in [-0.3, -0.25) is 0 Å². The zero-order valence-corrected chi connectivity index (χ0v) is 16.0. The maximum absolute atomic E-state index is 14.5. The molecule has 0 fully saturated rings. The summed E-state index contributed by atoms with van der Waals surface area (Å²) < 4.78 is 118. The predicted octanol–water partition coefficient (Wildman–Crippen LogP) is 7.80. The first kappa shape index (κ1) is 23.4. The van der Waals surface area contributed by atoms with Crippen LogP contribution in [-0.4, -0.2) is 6.67 Å². The second-order valence-corrected chi connectivity index (χ2v) is 6.61. The van der Waals surface area contributed by atoms with E-state index in [0.29, 0.717) is 0 Å². The van der Waals surface area contributed by atoms with Crippen LogP contribution in [0, 0.1) is 36.1 Å². The van der Waals surface area contributed by atoms with Gasteiger partial charge in [-0.05, 0) is 19.1 Å². The minimum atomic E-state index is -2.28. The summed E-state index contributed by atoms with van der Waals surface area (Å²) >= 11 is 0. The fourth-order valence-corrected chi connectivity index (χ4v) is 2.45. The van der Waals surface area contributed by atoms with E-state index in [0.717, 1.165) is 19.4 Å². The third-order valence-corrected chi connectivity index (χ3v) is 4.04. The molecule has 2 aromatic rings. The van der Waals surface area contributed by atoms with Gasteiger partial charge in [-0.25, -0.2) is 26.3 Å². The van der Waals surface area contributed by atoms with Crippen LogP contribution in [0.15, 0.2) is 41.7 Å². The highest BCUT2D eigenvalue weighted by atomic mass is 19.2. The van der Waals surface area contributed by atoms with Gasteiger partial charge >= 0.3 is 0 Å². The molecule has 0 radical (unpaired) electrons. The fourth-order valence-electron chi connectivity index (χ4n) is 2.45. The molecule has 0 atom stereocenters. The van der Waals surface area contributed by atoms with Crippen molar-refractivity contribution in [2.45, 2.75) is 20.8 Å². The average Bonchev–Trinajstić information content (AvgIpc) is 2.72. The Hall–Kier alpha value is -2.84. The van der Waals surface area contributed by atoms with E-state index in [1.807, 2.05) is 0 Å². The van der Waals surface area contributed by atoms with Crippen LogP contribution in [0.2, 0.25) is 0 Å². The van der Waals surface area contributed by atoms with E-state index in [9.17, 15) is 35.1 Å². The lowest BCUT2D eigenvalue weighted by atomic mass is 9.98. The van der Waals surface area contributed by atoms with Gasteiger partial charge in [-0.15, -0.1) is 0 Å². The molecule has 0 aromatic heterocycles. The van der Waals surface area contributed by atoms with Crippen molar-refractivity contribution >= 4 is 5.57 Å². The fraction of sp³-hybridized carbons (Fsp3) is 0.238.